The van der Waals surface area contributed by atoms with E-state index in [4.69, 9.17) is 11.6 Å². The summed E-state index contributed by atoms with van der Waals surface area (Å²) in [6.07, 6.45) is -1.20. The molecule has 0 unspecified atom stereocenters. The molecule has 0 N–H and O–H groups in total. The second-order valence-corrected chi connectivity index (χ2v) is 13.7. The largest absolute Gasteiger partial charge is 0.748 e. The van der Waals surface area contributed by atoms with Crippen LogP contribution < -0.4 is 14.4 Å². The summed E-state index contributed by atoms with van der Waals surface area (Å²) in [5.41, 5.74) is 1.05. The van der Waals surface area contributed by atoms with Crippen LogP contribution in [-0.2, 0) is 35.6 Å². The van der Waals surface area contributed by atoms with Crippen LogP contribution in [-0.4, -0.2) is 29.8 Å². The van der Waals surface area contributed by atoms with Gasteiger partial charge in [0.1, 0.15) is 5.82 Å². The van der Waals surface area contributed by atoms with Crippen LogP contribution in [0.3, 0.4) is 0 Å². The number of hydrogen-bond donors (Lipinski definition) is 0. The predicted octanol–water partition coefficient (Wildman–Crippen LogP) is 9.00. The molecule has 0 atom stereocenters. The summed E-state index contributed by atoms with van der Waals surface area (Å²) in [7, 11) is -4.57. The fourth-order valence-corrected chi connectivity index (χ4v) is 6.75. The Hall–Kier alpha value is -4.53. The van der Waals surface area contributed by atoms with Crippen molar-refractivity contribution in [1.29, 1.82) is 0 Å². The summed E-state index contributed by atoms with van der Waals surface area (Å²) in [4.78, 5) is 3.63. The second-order valence-electron chi connectivity index (χ2n) is 11.8. The van der Waals surface area contributed by atoms with E-state index in [1.807, 2.05) is 42.2 Å². The van der Waals surface area contributed by atoms with Crippen molar-refractivity contribution in [1.82, 2.24) is 4.57 Å². The van der Waals surface area contributed by atoms with Crippen molar-refractivity contribution in [2.24, 2.45) is 0 Å². The van der Waals surface area contributed by atoms with Gasteiger partial charge in [0, 0.05) is 31.0 Å². The van der Waals surface area contributed by atoms with Gasteiger partial charge in [-0.1, -0.05) is 66.2 Å². The fourth-order valence-electron chi connectivity index (χ4n) is 6.00. The molecule has 1 aliphatic heterocycles. The number of hydrogen-bond acceptors (Lipinski definition) is 5. The molecule has 0 bridgehead atoms. The lowest BCUT2D eigenvalue weighted by Gasteiger charge is -2.24. The molecule has 15 heteroatoms. The highest BCUT2D eigenvalue weighted by atomic mass is 35.5. The van der Waals surface area contributed by atoms with Crippen molar-refractivity contribution in [2.75, 3.05) is 22.1 Å². The molecule has 2 heterocycles. The van der Waals surface area contributed by atoms with E-state index in [9.17, 15) is 39.3 Å². The Kier molecular flexibility index (Phi) is 10.8. The van der Waals surface area contributed by atoms with Gasteiger partial charge >= 0.3 is 12.4 Å². The average molecular weight is 751 g/mol. The SMILES string of the molecule is C=C[n+]1c(/C=C/C(C)=C\C=C2/N(CC)c3cc(Cl)c(C(F)(F)F)cc3N2Cc2ccccc2)n(CCCS(=O)(=O)[O-])c2cc(C(F)(F)F)ccc21. The molecule has 4 aromatic rings. The highest BCUT2D eigenvalue weighted by Crippen LogP contribution is 2.48. The lowest BCUT2D eigenvalue weighted by Crippen LogP contribution is -2.29. The molecular weight excluding hydrogens is 718 g/mol. The number of allylic oxidation sites excluding steroid dienone is 4. The van der Waals surface area contributed by atoms with Crippen molar-refractivity contribution < 1.29 is 43.9 Å². The highest BCUT2D eigenvalue weighted by Gasteiger charge is 2.38. The maximum atomic E-state index is 13.9. The zero-order chi connectivity index (χ0) is 37.3. The Morgan fingerprint density at radius 1 is 0.980 bits per heavy atom. The molecule has 0 saturated heterocycles. The van der Waals surface area contributed by atoms with Crippen molar-refractivity contribution in [3.63, 3.8) is 0 Å². The van der Waals surface area contributed by atoms with E-state index in [0.29, 0.717) is 40.7 Å². The summed E-state index contributed by atoms with van der Waals surface area (Å²) in [6, 6.07) is 14.8. The molecule has 0 saturated carbocycles. The molecule has 3 aromatic carbocycles. The molecule has 0 aliphatic carbocycles. The van der Waals surface area contributed by atoms with Crippen LogP contribution in [0.5, 0.6) is 0 Å². The number of fused-ring (bicyclic) bond motifs is 2. The van der Waals surface area contributed by atoms with E-state index in [2.05, 4.69) is 6.58 Å². The molecule has 0 fully saturated rings. The maximum absolute atomic E-state index is 13.9. The molecule has 0 amide bonds. The van der Waals surface area contributed by atoms with Crippen LogP contribution >= 0.6 is 11.6 Å². The molecular formula is C36H33ClF6N4O3S. The number of imidazole rings is 1. The fraction of sp³-hybridized carbons (Fsp3) is 0.250. The molecule has 270 valence electrons. The quantitative estimate of drug-likeness (QED) is 0.0663. The van der Waals surface area contributed by atoms with Gasteiger partial charge < -0.3 is 14.4 Å². The molecule has 7 nitrogen and oxygen atoms in total. The zero-order valence-electron chi connectivity index (χ0n) is 27.5. The van der Waals surface area contributed by atoms with E-state index in [1.54, 1.807) is 40.7 Å². The first-order chi connectivity index (χ1) is 23.9. The van der Waals surface area contributed by atoms with Crippen LogP contribution in [0.15, 0.2) is 96.9 Å². The molecule has 1 aliphatic rings. The van der Waals surface area contributed by atoms with Crippen molar-refractivity contribution in [2.45, 2.75) is 45.7 Å². The third-order valence-electron chi connectivity index (χ3n) is 8.33. The van der Waals surface area contributed by atoms with Crippen molar-refractivity contribution in [3.8, 4) is 0 Å². The molecule has 1 aromatic heterocycles. The van der Waals surface area contributed by atoms with Crippen molar-refractivity contribution in [3.05, 3.63) is 124 Å². The number of rotatable bonds is 11. The highest BCUT2D eigenvalue weighted by molar-refractivity contribution is 7.85. The lowest BCUT2D eigenvalue weighted by molar-refractivity contribution is -0.542. The van der Waals surface area contributed by atoms with E-state index < -0.39 is 44.4 Å². The Balaban J connectivity index is 1.58. The van der Waals surface area contributed by atoms with Gasteiger partial charge in [-0.3, -0.25) is 0 Å². The maximum Gasteiger partial charge on any atom is 0.417 e. The average Bonchev–Trinajstić information content (AvgIpc) is 3.50. The molecule has 0 spiro atoms. The van der Waals surface area contributed by atoms with Crippen LogP contribution in [0, 0.1) is 0 Å². The van der Waals surface area contributed by atoms with Gasteiger partial charge in [0.25, 0.3) is 5.82 Å². The first kappa shape index (κ1) is 37.7. The number of alkyl halides is 6. The van der Waals surface area contributed by atoms with E-state index in [0.717, 1.165) is 23.8 Å². The Labute approximate surface area is 296 Å². The number of aryl methyl sites for hydroxylation is 1. The number of aromatic nitrogens is 2. The van der Waals surface area contributed by atoms with Gasteiger partial charge in [-0.15, -0.1) is 0 Å². The monoisotopic (exact) mass is 750 g/mol. The zero-order valence-corrected chi connectivity index (χ0v) is 29.0. The smallest absolute Gasteiger partial charge is 0.417 e. The van der Waals surface area contributed by atoms with Crippen LogP contribution in [0.4, 0.5) is 37.7 Å². The minimum Gasteiger partial charge on any atom is -0.748 e. The number of anilines is 2. The molecule has 51 heavy (non-hydrogen) atoms. The van der Waals surface area contributed by atoms with Gasteiger partial charge in [-0.25, -0.2) is 13.0 Å². The lowest BCUT2D eigenvalue weighted by atomic mass is 10.1. The van der Waals surface area contributed by atoms with Gasteiger partial charge in [-0.05, 0) is 56.2 Å². The third-order valence-corrected chi connectivity index (χ3v) is 9.43. The minimum absolute atomic E-state index is 0.0761. The third kappa shape index (κ3) is 8.35. The Morgan fingerprint density at radius 3 is 2.27 bits per heavy atom. The summed E-state index contributed by atoms with van der Waals surface area (Å²) in [5.74, 6) is 0.251. The van der Waals surface area contributed by atoms with Gasteiger partial charge in [0.2, 0.25) is 0 Å². The predicted molar refractivity (Wildman–Crippen MR) is 186 cm³/mol. The summed E-state index contributed by atoms with van der Waals surface area (Å²) < 4.78 is 120. The van der Waals surface area contributed by atoms with Crippen LogP contribution in [0.25, 0.3) is 23.3 Å². The Morgan fingerprint density at radius 2 is 1.67 bits per heavy atom. The Bertz CT molecular complexity index is 2160. The van der Waals surface area contributed by atoms with Crippen molar-refractivity contribution >= 4 is 56.4 Å². The summed E-state index contributed by atoms with van der Waals surface area (Å²) in [6.45, 7) is 8.02. The van der Waals surface area contributed by atoms with Crippen LogP contribution in [0.2, 0.25) is 5.02 Å². The molecule has 0 radical (unpaired) electrons. The normalized spacial score (nSPS) is 15.1. The van der Waals surface area contributed by atoms with Gasteiger partial charge in [0.15, 0.2) is 11.0 Å². The first-order valence-corrected chi connectivity index (χ1v) is 17.7. The minimum atomic E-state index is -4.67. The summed E-state index contributed by atoms with van der Waals surface area (Å²) >= 11 is 6.13. The van der Waals surface area contributed by atoms with E-state index in [-0.39, 0.29) is 25.0 Å². The number of benzene rings is 3. The number of nitrogens with zero attached hydrogens (tertiary/aromatic N) is 4. The molecule has 5 rings (SSSR count). The standard InChI is InChI=1S/C36H33ClF6N4O3S/c1-4-44-29-15-14-26(35(38,39)40)20-30(29)46(18-9-19-51(48,49)50)33(44)16-12-24(3)13-17-34-45(5-2)32-22-28(37)27(36(41,42)43)21-31(32)47(34)23-25-10-7-6-8-11-25/h4,6-8,10-17,20-22H,1,5,9,18-19,23H2,2-3H3. The topological polar surface area (TPSA) is 72.5 Å². The van der Waals surface area contributed by atoms with Gasteiger partial charge in [-0.2, -0.15) is 30.9 Å². The van der Waals surface area contributed by atoms with E-state index >= 15 is 0 Å². The second kappa shape index (κ2) is 14.6. The van der Waals surface area contributed by atoms with Gasteiger partial charge in [0.05, 0.1) is 50.4 Å². The number of halogens is 7. The summed E-state index contributed by atoms with van der Waals surface area (Å²) in [5, 5.41) is -0.420. The van der Waals surface area contributed by atoms with Crippen LogP contribution in [0.1, 0.15) is 42.8 Å². The first-order valence-electron chi connectivity index (χ1n) is 15.7. The van der Waals surface area contributed by atoms with E-state index in [1.165, 1.54) is 22.9 Å².